The van der Waals surface area contributed by atoms with Crippen LogP contribution in [0.3, 0.4) is 0 Å². The molecule has 0 spiro atoms. The number of carbonyl (C=O) groups is 1. The third-order valence-electron chi connectivity index (χ3n) is 3.23. The lowest BCUT2D eigenvalue weighted by molar-refractivity contribution is 0.0597. The van der Waals surface area contributed by atoms with Crippen molar-refractivity contribution in [1.82, 2.24) is 0 Å². The first-order chi connectivity index (χ1) is 10.0. The predicted molar refractivity (Wildman–Crippen MR) is 85.7 cm³/mol. The minimum Gasteiger partial charge on any atom is -0.489 e. The molecular weight excluding hydrogens is 332 g/mol. The normalized spacial score (nSPS) is 10.3. The van der Waals surface area contributed by atoms with E-state index in [2.05, 4.69) is 22.0 Å². The second-order valence-electron chi connectivity index (χ2n) is 4.82. The Kier molecular flexibility index (Phi) is 5.02. The van der Waals surface area contributed by atoms with Crippen LogP contribution in [0.25, 0.3) is 0 Å². The van der Waals surface area contributed by atoms with Gasteiger partial charge in [-0.15, -0.1) is 0 Å². The highest BCUT2D eigenvalue weighted by molar-refractivity contribution is 9.10. The monoisotopic (exact) mass is 348 g/mol. The van der Waals surface area contributed by atoms with Crippen LogP contribution in [0.15, 0.2) is 40.9 Å². The molecule has 0 aliphatic carbocycles. The predicted octanol–water partition coefficient (Wildman–Crippen LogP) is 4.43. The van der Waals surface area contributed by atoms with Crippen LogP contribution < -0.4 is 4.74 Å². The van der Waals surface area contributed by atoms with E-state index < -0.39 is 0 Å². The van der Waals surface area contributed by atoms with Gasteiger partial charge in [0.15, 0.2) is 0 Å². The number of benzene rings is 2. The summed E-state index contributed by atoms with van der Waals surface area (Å²) < 4.78 is 11.5. The molecule has 0 N–H and O–H groups in total. The lowest BCUT2D eigenvalue weighted by atomic mass is 10.1. The Morgan fingerprint density at radius 3 is 2.62 bits per heavy atom. The fourth-order valence-corrected chi connectivity index (χ4v) is 2.60. The third-order valence-corrected chi connectivity index (χ3v) is 3.97. The number of hydrogen-bond acceptors (Lipinski definition) is 3. The number of methoxy groups -OCH3 is 1. The van der Waals surface area contributed by atoms with E-state index in [1.54, 1.807) is 12.1 Å². The van der Waals surface area contributed by atoms with Gasteiger partial charge < -0.3 is 9.47 Å². The van der Waals surface area contributed by atoms with Crippen LogP contribution >= 0.6 is 15.9 Å². The number of hydrogen-bond donors (Lipinski definition) is 0. The Bertz CT molecular complexity index is 665. The Balaban J connectivity index is 2.25. The van der Waals surface area contributed by atoms with Gasteiger partial charge in [-0.3, -0.25) is 0 Å². The lowest BCUT2D eigenvalue weighted by Crippen LogP contribution is -2.09. The molecule has 0 aromatic heterocycles. The summed E-state index contributed by atoms with van der Waals surface area (Å²) in [6.07, 6.45) is 0. The lowest BCUT2D eigenvalue weighted by Gasteiger charge is -2.13. The average molecular weight is 349 g/mol. The third kappa shape index (κ3) is 3.64. The molecular formula is C17H17BrO3. The zero-order chi connectivity index (χ0) is 15.4. The smallest absolute Gasteiger partial charge is 0.338 e. The minimum atomic E-state index is -0.365. The zero-order valence-electron chi connectivity index (χ0n) is 12.3. The summed E-state index contributed by atoms with van der Waals surface area (Å²) in [4.78, 5) is 11.8. The van der Waals surface area contributed by atoms with E-state index >= 15 is 0 Å². The van der Waals surface area contributed by atoms with Crippen LogP contribution in [0.1, 0.15) is 27.0 Å². The van der Waals surface area contributed by atoms with Crippen LogP contribution in [-0.2, 0) is 11.3 Å². The molecule has 0 heterocycles. The van der Waals surface area contributed by atoms with Crippen LogP contribution in [0, 0.1) is 13.8 Å². The summed E-state index contributed by atoms with van der Waals surface area (Å²) in [5.41, 5.74) is 3.55. The molecule has 0 radical (unpaired) electrons. The topological polar surface area (TPSA) is 35.5 Å². The molecule has 0 bridgehead atoms. The number of halogens is 1. The van der Waals surface area contributed by atoms with E-state index in [-0.39, 0.29) is 5.97 Å². The maximum absolute atomic E-state index is 11.8. The number of rotatable bonds is 4. The minimum absolute atomic E-state index is 0.301. The van der Waals surface area contributed by atoms with Gasteiger partial charge in [0, 0.05) is 10.0 Å². The van der Waals surface area contributed by atoms with Crippen molar-refractivity contribution in [2.45, 2.75) is 20.5 Å². The molecule has 21 heavy (non-hydrogen) atoms. The van der Waals surface area contributed by atoms with Crippen molar-refractivity contribution in [3.05, 3.63) is 63.1 Å². The summed E-state index contributed by atoms with van der Waals surface area (Å²) >= 11 is 3.46. The van der Waals surface area contributed by atoms with Gasteiger partial charge in [-0.2, -0.15) is 0 Å². The van der Waals surface area contributed by atoms with E-state index in [1.807, 2.05) is 32.0 Å². The molecule has 0 unspecified atom stereocenters. The highest BCUT2D eigenvalue weighted by Gasteiger charge is 2.15. The van der Waals surface area contributed by atoms with Crippen LogP contribution in [0.5, 0.6) is 5.75 Å². The number of ether oxygens (including phenoxy) is 2. The summed E-state index contributed by atoms with van der Waals surface area (Å²) in [7, 11) is 1.37. The first kappa shape index (κ1) is 15.6. The Morgan fingerprint density at radius 2 is 1.95 bits per heavy atom. The molecule has 0 amide bonds. The number of carbonyl (C=O) groups excluding carboxylic acids is 1. The highest BCUT2D eigenvalue weighted by atomic mass is 79.9. The molecule has 0 aliphatic heterocycles. The summed E-state index contributed by atoms with van der Waals surface area (Å²) in [6.45, 7) is 4.35. The molecule has 2 aromatic carbocycles. The fourth-order valence-electron chi connectivity index (χ4n) is 2.12. The highest BCUT2D eigenvalue weighted by Crippen LogP contribution is 2.25. The van der Waals surface area contributed by atoms with Crippen LogP contribution in [0.4, 0.5) is 0 Å². The summed E-state index contributed by atoms with van der Waals surface area (Å²) in [5, 5.41) is 0. The Morgan fingerprint density at radius 1 is 1.19 bits per heavy atom. The van der Waals surface area contributed by atoms with Gasteiger partial charge in [0.2, 0.25) is 0 Å². The maximum Gasteiger partial charge on any atom is 0.338 e. The standard InChI is InChI=1S/C17H17BrO3/c1-11-7-8-16(12(2)9-11)21-10-14-13(17(19)20-3)5-4-6-15(14)18/h4-9H,10H2,1-3H3. The van der Waals surface area contributed by atoms with Crippen molar-refractivity contribution >= 4 is 21.9 Å². The van der Waals surface area contributed by atoms with Crippen LogP contribution in [0.2, 0.25) is 0 Å². The molecule has 0 saturated carbocycles. The SMILES string of the molecule is COC(=O)c1cccc(Br)c1COc1ccc(C)cc1C. The summed E-state index contributed by atoms with van der Waals surface area (Å²) in [5.74, 6) is 0.447. The first-order valence-corrected chi connectivity index (χ1v) is 7.38. The molecule has 2 rings (SSSR count). The maximum atomic E-state index is 11.8. The first-order valence-electron chi connectivity index (χ1n) is 6.58. The van der Waals surface area contributed by atoms with Gasteiger partial charge in [-0.05, 0) is 37.6 Å². The van der Waals surface area contributed by atoms with E-state index in [0.29, 0.717) is 12.2 Å². The molecule has 0 fully saturated rings. The van der Waals surface area contributed by atoms with Crippen LogP contribution in [-0.4, -0.2) is 13.1 Å². The van der Waals surface area contributed by atoms with Gasteiger partial charge in [-0.25, -0.2) is 4.79 Å². The number of esters is 1. The van der Waals surface area contributed by atoms with E-state index in [1.165, 1.54) is 12.7 Å². The van der Waals surface area contributed by atoms with E-state index in [9.17, 15) is 4.79 Å². The fraction of sp³-hybridized carbons (Fsp3) is 0.235. The van der Waals surface area contributed by atoms with Crippen molar-refractivity contribution in [2.24, 2.45) is 0 Å². The molecule has 110 valence electrons. The molecule has 0 saturated heterocycles. The van der Waals surface area contributed by atoms with E-state index in [4.69, 9.17) is 9.47 Å². The Hall–Kier alpha value is -1.81. The van der Waals surface area contributed by atoms with E-state index in [0.717, 1.165) is 21.3 Å². The summed E-state index contributed by atoms with van der Waals surface area (Å²) in [6, 6.07) is 11.4. The van der Waals surface area contributed by atoms with Crippen molar-refractivity contribution in [1.29, 1.82) is 0 Å². The van der Waals surface area contributed by atoms with Gasteiger partial charge >= 0.3 is 5.97 Å². The van der Waals surface area contributed by atoms with Gasteiger partial charge in [-0.1, -0.05) is 39.7 Å². The molecule has 0 aliphatic rings. The van der Waals surface area contributed by atoms with Crippen molar-refractivity contribution in [3.8, 4) is 5.75 Å². The molecule has 0 atom stereocenters. The van der Waals surface area contributed by atoms with Gasteiger partial charge in [0.05, 0.1) is 12.7 Å². The molecule has 4 heteroatoms. The Labute approximate surface area is 133 Å². The average Bonchev–Trinajstić information content (AvgIpc) is 2.46. The van der Waals surface area contributed by atoms with Gasteiger partial charge in [0.1, 0.15) is 12.4 Å². The molecule has 2 aromatic rings. The number of aryl methyl sites for hydroxylation is 2. The largest absolute Gasteiger partial charge is 0.489 e. The van der Waals surface area contributed by atoms with Crippen molar-refractivity contribution in [3.63, 3.8) is 0 Å². The second kappa shape index (κ2) is 6.76. The van der Waals surface area contributed by atoms with Gasteiger partial charge in [0.25, 0.3) is 0 Å². The quantitative estimate of drug-likeness (QED) is 0.766. The second-order valence-corrected chi connectivity index (χ2v) is 5.67. The molecule has 3 nitrogen and oxygen atoms in total. The zero-order valence-corrected chi connectivity index (χ0v) is 13.9. The van der Waals surface area contributed by atoms with Crippen molar-refractivity contribution < 1.29 is 14.3 Å². The van der Waals surface area contributed by atoms with Crippen molar-refractivity contribution in [2.75, 3.05) is 7.11 Å².